The van der Waals surface area contributed by atoms with Crippen molar-refractivity contribution in [2.24, 2.45) is 11.8 Å². The van der Waals surface area contributed by atoms with Gasteiger partial charge in [-0.3, -0.25) is 20.0 Å². The predicted octanol–water partition coefficient (Wildman–Crippen LogP) is 0.932. The summed E-state index contributed by atoms with van der Waals surface area (Å²) in [5.74, 6) is 1.18. The Bertz CT molecular complexity index is 197. The Morgan fingerprint density at radius 3 is 2.64 bits per heavy atom. The van der Waals surface area contributed by atoms with Gasteiger partial charge in [0, 0.05) is 6.54 Å². The Balaban J connectivity index is 2.39. The molecule has 2 unspecified atom stereocenters. The Labute approximate surface area is 84.6 Å². The smallest absolute Gasteiger partial charge is 0.228 e. The molecule has 0 aromatic carbocycles. The van der Waals surface area contributed by atoms with Crippen LogP contribution < -0.4 is 5.43 Å². The van der Waals surface area contributed by atoms with Gasteiger partial charge in [-0.15, -0.1) is 0 Å². The zero-order valence-corrected chi connectivity index (χ0v) is 8.61. The summed E-state index contributed by atoms with van der Waals surface area (Å²) in [6, 6.07) is 0. The fourth-order valence-corrected chi connectivity index (χ4v) is 2.11. The van der Waals surface area contributed by atoms with Crippen LogP contribution in [-0.4, -0.2) is 24.4 Å². The first kappa shape index (κ1) is 11.0. The summed E-state index contributed by atoms with van der Waals surface area (Å²) >= 11 is 0. The highest BCUT2D eigenvalue weighted by atomic mass is 16.2. The Morgan fingerprint density at radius 1 is 1.36 bits per heavy atom. The van der Waals surface area contributed by atoms with Crippen molar-refractivity contribution in [3.05, 3.63) is 0 Å². The second kappa shape index (κ2) is 5.62. The average Bonchev–Trinajstić information content (AvgIpc) is 2.20. The summed E-state index contributed by atoms with van der Waals surface area (Å²) < 4.78 is 0. The zero-order valence-electron chi connectivity index (χ0n) is 8.61. The maximum atomic E-state index is 10.6. The third kappa shape index (κ3) is 3.01. The van der Waals surface area contributed by atoms with Crippen LogP contribution in [0.15, 0.2) is 0 Å². The number of nitrogens with zero attached hydrogens (tertiary/aromatic N) is 1. The first-order valence-corrected chi connectivity index (χ1v) is 5.19. The van der Waals surface area contributed by atoms with Crippen molar-refractivity contribution in [1.82, 2.24) is 10.4 Å². The Hall–Kier alpha value is -1.06. The van der Waals surface area contributed by atoms with E-state index in [1.807, 2.05) is 0 Å². The Kier molecular flexibility index (Phi) is 4.43. The minimum absolute atomic E-state index is 0.529. The van der Waals surface area contributed by atoms with Crippen molar-refractivity contribution in [2.75, 3.05) is 6.54 Å². The predicted molar refractivity (Wildman–Crippen MR) is 53.1 cm³/mol. The fraction of sp³-hybridized carbons (Fsp3) is 0.800. The standard InChI is InChI=1S/C10H18N2O2/c1-9-4-2-3-5-10(9)6-12(8-14)11-7-13/h7-10H,2-6H2,1H3,(H,11,13). The lowest BCUT2D eigenvalue weighted by Gasteiger charge is -2.31. The molecule has 0 radical (unpaired) electrons. The number of hydrogen-bond donors (Lipinski definition) is 1. The van der Waals surface area contributed by atoms with Crippen LogP contribution in [-0.2, 0) is 9.59 Å². The molecule has 1 aliphatic carbocycles. The molecule has 1 N–H and O–H groups in total. The molecule has 2 atom stereocenters. The van der Waals surface area contributed by atoms with Crippen LogP contribution in [0.2, 0.25) is 0 Å². The molecule has 14 heavy (non-hydrogen) atoms. The van der Waals surface area contributed by atoms with Gasteiger partial charge in [-0.25, -0.2) is 0 Å². The summed E-state index contributed by atoms with van der Waals surface area (Å²) in [4.78, 5) is 20.8. The molecule has 1 rings (SSSR count). The third-order valence-corrected chi connectivity index (χ3v) is 3.07. The second-order valence-electron chi connectivity index (χ2n) is 4.03. The molecule has 0 saturated heterocycles. The summed E-state index contributed by atoms with van der Waals surface area (Å²) in [7, 11) is 0. The molecule has 0 spiro atoms. The van der Waals surface area contributed by atoms with Crippen molar-refractivity contribution in [1.29, 1.82) is 0 Å². The van der Waals surface area contributed by atoms with Crippen LogP contribution in [0.25, 0.3) is 0 Å². The lowest BCUT2D eigenvalue weighted by Crippen LogP contribution is -2.41. The monoisotopic (exact) mass is 198 g/mol. The lowest BCUT2D eigenvalue weighted by molar-refractivity contribution is -0.128. The van der Waals surface area contributed by atoms with E-state index < -0.39 is 0 Å². The third-order valence-electron chi connectivity index (χ3n) is 3.07. The van der Waals surface area contributed by atoms with E-state index in [0.717, 1.165) is 6.42 Å². The van der Waals surface area contributed by atoms with Gasteiger partial charge < -0.3 is 0 Å². The average molecular weight is 198 g/mol. The van der Waals surface area contributed by atoms with Crippen LogP contribution in [0.3, 0.4) is 0 Å². The molecular formula is C10H18N2O2. The summed E-state index contributed by atoms with van der Waals surface area (Å²) in [5.41, 5.74) is 2.38. The zero-order chi connectivity index (χ0) is 10.4. The molecule has 0 heterocycles. The van der Waals surface area contributed by atoms with Crippen molar-refractivity contribution in [2.45, 2.75) is 32.6 Å². The number of carbonyl (C=O) groups is 2. The van der Waals surface area contributed by atoms with Gasteiger partial charge in [-0.05, 0) is 18.3 Å². The molecule has 1 fully saturated rings. The van der Waals surface area contributed by atoms with Crippen LogP contribution in [0, 0.1) is 11.8 Å². The molecule has 4 nitrogen and oxygen atoms in total. The van der Waals surface area contributed by atoms with Crippen molar-refractivity contribution < 1.29 is 9.59 Å². The molecule has 0 bridgehead atoms. The van der Waals surface area contributed by atoms with Gasteiger partial charge in [0.05, 0.1) is 0 Å². The van der Waals surface area contributed by atoms with Gasteiger partial charge in [-0.2, -0.15) is 0 Å². The summed E-state index contributed by atoms with van der Waals surface area (Å²) in [6.07, 6.45) is 6.14. The van der Waals surface area contributed by atoms with E-state index in [1.165, 1.54) is 24.3 Å². The Morgan fingerprint density at radius 2 is 2.07 bits per heavy atom. The molecule has 0 aromatic heterocycles. The highest BCUT2D eigenvalue weighted by Gasteiger charge is 2.22. The highest BCUT2D eigenvalue weighted by molar-refractivity contribution is 5.53. The van der Waals surface area contributed by atoms with Gasteiger partial charge in [-0.1, -0.05) is 26.2 Å². The molecule has 1 aliphatic rings. The molecule has 0 aliphatic heterocycles. The molecule has 80 valence electrons. The fourth-order valence-electron chi connectivity index (χ4n) is 2.11. The van der Waals surface area contributed by atoms with Gasteiger partial charge in [0.2, 0.25) is 12.8 Å². The number of hydrogen-bond acceptors (Lipinski definition) is 2. The lowest BCUT2D eigenvalue weighted by atomic mass is 9.80. The van der Waals surface area contributed by atoms with E-state index >= 15 is 0 Å². The van der Waals surface area contributed by atoms with E-state index in [4.69, 9.17) is 0 Å². The number of hydrazine groups is 1. The quantitative estimate of drug-likeness (QED) is 0.528. The van der Waals surface area contributed by atoms with Crippen molar-refractivity contribution in [3.8, 4) is 0 Å². The molecule has 2 amide bonds. The number of nitrogens with one attached hydrogen (secondary N) is 1. The number of rotatable bonds is 5. The topological polar surface area (TPSA) is 49.4 Å². The number of carbonyl (C=O) groups excluding carboxylic acids is 2. The van der Waals surface area contributed by atoms with Crippen LogP contribution in [0.5, 0.6) is 0 Å². The first-order valence-electron chi connectivity index (χ1n) is 5.19. The van der Waals surface area contributed by atoms with Crippen molar-refractivity contribution >= 4 is 12.8 Å². The normalized spacial score (nSPS) is 26.6. The number of amides is 2. The van der Waals surface area contributed by atoms with Crippen LogP contribution in [0.4, 0.5) is 0 Å². The van der Waals surface area contributed by atoms with E-state index in [9.17, 15) is 9.59 Å². The van der Waals surface area contributed by atoms with Gasteiger partial charge in [0.25, 0.3) is 0 Å². The van der Waals surface area contributed by atoms with Gasteiger partial charge in [0.1, 0.15) is 0 Å². The SMILES string of the molecule is CC1CCCCC1CN(C=O)NC=O. The van der Waals surface area contributed by atoms with Gasteiger partial charge >= 0.3 is 0 Å². The maximum Gasteiger partial charge on any atom is 0.228 e. The summed E-state index contributed by atoms with van der Waals surface area (Å²) in [5, 5.41) is 1.33. The molecule has 4 heteroatoms. The van der Waals surface area contributed by atoms with Gasteiger partial charge in [0.15, 0.2) is 0 Å². The minimum Gasteiger partial charge on any atom is -0.277 e. The largest absolute Gasteiger partial charge is 0.277 e. The minimum atomic E-state index is 0.529. The van der Waals surface area contributed by atoms with E-state index in [2.05, 4.69) is 12.3 Å². The molecule has 1 saturated carbocycles. The molecular weight excluding hydrogens is 180 g/mol. The molecule has 0 aromatic rings. The van der Waals surface area contributed by atoms with E-state index in [-0.39, 0.29) is 0 Å². The summed E-state index contributed by atoms with van der Waals surface area (Å²) in [6.45, 7) is 2.86. The van der Waals surface area contributed by atoms with E-state index in [1.54, 1.807) is 0 Å². The van der Waals surface area contributed by atoms with Crippen molar-refractivity contribution in [3.63, 3.8) is 0 Å². The van der Waals surface area contributed by atoms with E-state index in [0.29, 0.717) is 31.2 Å². The van der Waals surface area contributed by atoms with Crippen LogP contribution >= 0.6 is 0 Å². The highest BCUT2D eigenvalue weighted by Crippen LogP contribution is 2.29. The maximum absolute atomic E-state index is 10.6. The first-order chi connectivity index (χ1) is 6.77. The van der Waals surface area contributed by atoms with Crippen LogP contribution in [0.1, 0.15) is 32.6 Å². The second-order valence-corrected chi connectivity index (χ2v) is 4.03.